The van der Waals surface area contributed by atoms with Crippen LogP contribution in [0.25, 0.3) is 21.8 Å². The molecule has 0 N–H and O–H groups in total. The lowest BCUT2D eigenvalue weighted by Gasteiger charge is -2.12. The normalized spacial score (nSPS) is 11.3. The number of hydrogen-bond acceptors (Lipinski definition) is 4. The van der Waals surface area contributed by atoms with Gasteiger partial charge in [-0.05, 0) is 30.2 Å². The largest absolute Gasteiger partial charge is 0.443 e. The van der Waals surface area contributed by atoms with E-state index in [1.807, 2.05) is 66.2 Å². The smallest absolute Gasteiger partial charge is 0.322 e. The van der Waals surface area contributed by atoms with Crippen LogP contribution in [0.1, 0.15) is 18.3 Å². The van der Waals surface area contributed by atoms with Crippen molar-refractivity contribution in [2.45, 2.75) is 33.0 Å². The van der Waals surface area contributed by atoms with E-state index in [0.717, 1.165) is 27.8 Å². The molecule has 30 heavy (non-hydrogen) atoms. The number of nitrogens with zero attached hydrogens (tertiary/aromatic N) is 3. The molecule has 0 aliphatic rings. The third kappa shape index (κ3) is 3.83. The van der Waals surface area contributed by atoms with Crippen LogP contribution in [0.2, 0.25) is 0 Å². The van der Waals surface area contributed by atoms with E-state index in [0.29, 0.717) is 24.8 Å². The number of para-hydroxylation sites is 2. The first-order valence-electron chi connectivity index (χ1n) is 9.89. The first kappa shape index (κ1) is 20.2. The Kier molecular flexibility index (Phi) is 5.86. The van der Waals surface area contributed by atoms with Crippen molar-refractivity contribution in [3.8, 4) is 0 Å². The van der Waals surface area contributed by atoms with E-state index in [9.17, 15) is 9.59 Å². The molecule has 0 radical (unpaired) electrons. The van der Waals surface area contributed by atoms with Gasteiger partial charge >= 0.3 is 5.97 Å². The zero-order valence-electron chi connectivity index (χ0n) is 16.7. The van der Waals surface area contributed by atoms with Crippen LogP contribution in [0.15, 0.2) is 59.5 Å². The van der Waals surface area contributed by atoms with Gasteiger partial charge in [0.05, 0.1) is 16.4 Å². The van der Waals surface area contributed by atoms with Crippen LogP contribution >= 0.6 is 11.6 Å². The molecule has 0 fully saturated rings. The highest BCUT2D eigenvalue weighted by Crippen LogP contribution is 2.22. The molecule has 0 aliphatic heterocycles. The highest BCUT2D eigenvalue weighted by atomic mass is 35.5. The molecule has 154 valence electrons. The molecule has 4 rings (SSSR count). The summed E-state index contributed by atoms with van der Waals surface area (Å²) in [6.07, 6.45) is 3.30. The first-order chi connectivity index (χ1) is 14.6. The fraction of sp³-hybridized carbons (Fsp3) is 0.261. The molecule has 0 unspecified atom stereocenters. The maximum absolute atomic E-state index is 13.1. The summed E-state index contributed by atoms with van der Waals surface area (Å²) in [5.41, 5.74) is 2.76. The van der Waals surface area contributed by atoms with E-state index in [2.05, 4.69) is 4.98 Å². The summed E-state index contributed by atoms with van der Waals surface area (Å²) >= 11 is 5.52. The Morgan fingerprint density at radius 2 is 1.83 bits per heavy atom. The van der Waals surface area contributed by atoms with Gasteiger partial charge < -0.3 is 9.30 Å². The first-order valence-corrected chi connectivity index (χ1v) is 10.4. The summed E-state index contributed by atoms with van der Waals surface area (Å²) in [6.45, 7) is 2.63. The van der Waals surface area contributed by atoms with Crippen molar-refractivity contribution in [3.05, 3.63) is 76.5 Å². The van der Waals surface area contributed by atoms with Crippen molar-refractivity contribution in [2.75, 3.05) is 5.88 Å². The molecule has 0 bridgehead atoms. The number of halogens is 1. The molecule has 0 saturated carbocycles. The van der Waals surface area contributed by atoms with Gasteiger partial charge in [-0.2, -0.15) is 0 Å². The van der Waals surface area contributed by atoms with Gasteiger partial charge in [-0.25, -0.2) is 4.98 Å². The van der Waals surface area contributed by atoms with Gasteiger partial charge in [-0.1, -0.05) is 37.3 Å². The molecule has 2 aromatic heterocycles. The van der Waals surface area contributed by atoms with Crippen LogP contribution in [-0.2, 0) is 35.6 Å². The van der Waals surface area contributed by atoms with Gasteiger partial charge in [0.1, 0.15) is 11.7 Å². The highest BCUT2D eigenvalue weighted by Gasteiger charge is 2.13. The summed E-state index contributed by atoms with van der Waals surface area (Å²) in [5, 5.41) is 1.70. The highest BCUT2D eigenvalue weighted by molar-refractivity contribution is 6.26. The lowest BCUT2D eigenvalue weighted by Crippen LogP contribution is -2.26. The molecular formula is C23H22ClN3O3. The third-order valence-corrected chi connectivity index (χ3v) is 5.42. The van der Waals surface area contributed by atoms with E-state index in [4.69, 9.17) is 16.3 Å². The monoisotopic (exact) mass is 423 g/mol. The van der Waals surface area contributed by atoms with Gasteiger partial charge in [-0.15, -0.1) is 11.6 Å². The van der Waals surface area contributed by atoms with Gasteiger partial charge in [0, 0.05) is 24.5 Å². The van der Waals surface area contributed by atoms with Crippen LogP contribution in [0, 0.1) is 0 Å². The average molecular weight is 424 g/mol. The van der Waals surface area contributed by atoms with Gasteiger partial charge in [0.2, 0.25) is 0 Å². The fourth-order valence-electron chi connectivity index (χ4n) is 3.76. The van der Waals surface area contributed by atoms with E-state index in [-0.39, 0.29) is 18.2 Å². The molecule has 0 atom stereocenters. The number of hydrogen-bond donors (Lipinski definition) is 0. The molecule has 0 saturated heterocycles. The molecule has 4 aromatic rings. The van der Waals surface area contributed by atoms with Gasteiger partial charge in [-0.3, -0.25) is 14.2 Å². The molecule has 2 aromatic carbocycles. The van der Waals surface area contributed by atoms with Crippen LogP contribution in [0.5, 0.6) is 0 Å². The van der Waals surface area contributed by atoms with Gasteiger partial charge in [0.15, 0.2) is 6.73 Å². The van der Waals surface area contributed by atoms with E-state index < -0.39 is 5.97 Å². The number of ether oxygens (including phenoxy) is 1. The molecule has 0 spiro atoms. The molecule has 6 nitrogen and oxygen atoms in total. The van der Waals surface area contributed by atoms with Crippen LogP contribution in [0.3, 0.4) is 0 Å². The van der Waals surface area contributed by atoms with E-state index in [1.165, 1.54) is 0 Å². The zero-order chi connectivity index (χ0) is 21.1. The Morgan fingerprint density at radius 1 is 1.10 bits per heavy atom. The van der Waals surface area contributed by atoms with Crippen molar-refractivity contribution < 1.29 is 9.53 Å². The Labute approximate surface area is 178 Å². The number of fused-ring (bicyclic) bond motifs is 2. The lowest BCUT2D eigenvalue weighted by atomic mass is 10.1. The second-order valence-corrected chi connectivity index (χ2v) is 7.29. The van der Waals surface area contributed by atoms with Crippen molar-refractivity contribution in [1.29, 1.82) is 0 Å². The second-order valence-electron chi connectivity index (χ2n) is 7.03. The zero-order valence-corrected chi connectivity index (χ0v) is 17.4. The van der Waals surface area contributed by atoms with Crippen LogP contribution in [0.4, 0.5) is 0 Å². The van der Waals surface area contributed by atoms with E-state index in [1.54, 1.807) is 4.57 Å². The molecule has 0 amide bonds. The number of rotatable bonds is 7. The number of aryl methyl sites for hydroxylation is 2. The number of esters is 1. The summed E-state index contributed by atoms with van der Waals surface area (Å²) in [4.78, 5) is 29.2. The van der Waals surface area contributed by atoms with Crippen molar-refractivity contribution in [1.82, 2.24) is 14.1 Å². The number of carbonyl (C=O) groups is 1. The predicted octanol–water partition coefficient (Wildman–Crippen LogP) is 3.90. The molecule has 2 heterocycles. The summed E-state index contributed by atoms with van der Waals surface area (Å²) in [6, 6.07) is 15.4. The van der Waals surface area contributed by atoms with Gasteiger partial charge in [0.25, 0.3) is 5.56 Å². The van der Waals surface area contributed by atoms with Crippen LogP contribution < -0.4 is 5.56 Å². The summed E-state index contributed by atoms with van der Waals surface area (Å²) in [7, 11) is 0. The summed E-state index contributed by atoms with van der Waals surface area (Å²) in [5.74, 6) is 0.139. The lowest BCUT2D eigenvalue weighted by molar-refractivity contribution is -0.144. The SMILES string of the molecule is CCc1nc2ccccc2c(=O)n1CCc1cn(COC(=O)CCl)c2ccccc12. The van der Waals surface area contributed by atoms with Crippen LogP contribution in [-0.4, -0.2) is 26.0 Å². The minimum absolute atomic E-state index is 0.0165. The van der Waals surface area contributed by atoms with Crippen molar-refractivity contribution in [2.24, 2.45) is 0 Å². The molecule has 0 aliphatic carbocycles. The second kappa shape index (κ2) is 8.71. The minimum Gasteiger partial charge on any atom is -0.443 e. The predicted molar refractivity (Wildman–Crippen MR) is 118 cm³/mol. The number of carbonyl (C=O) groups excluding carboxylic acids is 1. The fourth-order valence-corrected chi connectivity index (χ4v) is 3.83. The minimum atomic E-state index is -0.461. The Bertz CT molecular complexity index is 1280. The number of alkyl halides is 1. The summed E-state index contributed by atoms with van der Waals surface area (Å²) < 4.78 is 8.84. The Morgan fingerprint density at radius 3 is 2.60 bits per heavy atom. The maximum atomic E-state index is 13.1. The number of benzene rings is 2. The topological polar surface area (TPSA) is 66.1 Å². The Balaban J connectivity index is 1.67. The average Bonchev–Trinajstić information content (AvgIpc) is 3.14. The standard InChI is InChI=1S/C23H22ClN3O3/c1-2-21-25-19-9-5-3-8-18(19)23(29)27(21)12-11-16-14-26(15-30-22(28)13-24)20-10-6-4-7-17(16)20/h3-10,14H,2,11-13,15H2,1H3. The maximum Gasteiger partial charge on any atom is 0.322 e. The number of aromatic nitrogens is 3. The molecule has 7 heteroatoms. The Hall–Kier alpha value is -3.12. The van der Waals surface area contributed by atoms with Crippen molar-refractivity contribution >= 4 is 39.4 Å². The van der Waals surface area contributed by atoms with Crippen molar-refractivity contribution in [3.63, 3.8) is 0 Å². The van der Waals surface area contributed by atoms with E-state index >= 15 is 0 Å². The molecular weight excluding hydrogens is 402 g/mol. The quantitative estimate of drug-likeness (QED) is 0.334. The third-order valence-electron chi connectivity index (χ3n) is 5.21.